The van der Waals surface area contributed by atoms with E-state index in [-0.39, 0.29) is 23.9 Å². The molecule has 1 saturated heterocycles. The first-order chi connectivity index (χ1) is 19.8. The van der Waals surface area contributed by atoms with Crippen LogP contribution < -0.4 is 16.0 Å². The largest absolute Gasteiger partial charge is 0.341 e. The Morgan fingerprint density at radius 1 is 1.15 bits per heavy atom. The minimum atomic E-state index is -0.552. The maximum Gasteiger partial charge on any atom is 0.242 e. The number of anilines is 1. The van der Waals surface area contributed by atoms with Crippen molar-refractivity contribution < 1.29 is 18.4 Å². The molecular weight excluding hydrogens is 526 g/mol. The van der Waals surface area contributed by atoms with Gasteiger partial charge in [-0.2, -0.15) is 0 Å². The third-order valence-electron chi connectivity index (χ3n) is 8.11. The quantitative estimate of drug-likeness (QED) is 0.345. The lowest BCUT2D eigenvalue weighted by Gasteiger charge is -2.29. The number of aromatic nitrogens is 2. The van der Waals surface area contributed by atoms with Gasteiger partial charge < -0.3 is 25.4 Å². The first-order valence-corrected chi connectivity index (χ1v) is 14.5. The Bertz CT molecular complexity index is 1390. The molecule has 8 nitrogen and oxygen atoms in total. The van der Waals surface area contributed by atoms with Crippen LogP contribution in [0.4, 0.5) is 14.6 Å². The second kappa shape index (κ2) is 12.9. The fourth-order valence-electron chi connectivity index (χ4n) is 5.90. The van der Waals surface area contributed by atoms with Gasteiger partial charge in [0, 0.05) is 44.7 Å². The van der Waals surface area contributed by atoms with Crippen LogP contribution in [0.15, 0.2) is 48.9 Å². The van der Waals surface area contributed by atoms with Crippen molar-refractivity contribution in [3.05, 3.63) is 77.2 Å². The Balaban J connectivity index is 1.21. The molecule has 0 bridgehead atoms. The van der Waals surface area contributed by atoms with Crippen LogP contribution in [0.1, 0.15) is 56.2 Å². The van der Waals surface area contributed by atoms with Crippen molar-refractivity contribution in [3.8, 4) is 5.69 Å². The molecule has 1 aliphatic heterocycles. The van der Waals surface area contributed by atoms with Crippen LogP contribution >= 0.6 is 0 Å². The van der Waals surface area contributed by atoms with E-state index in [1.165, 1.54) is 6.07 Å². The van der Waals surface area contributed by atoms with Crippen molar-refractivity contribution in [2.45, 2.75) is 77.0 Å². The third kappa shape index (κ3) is 7.00. The number of likely N-dealkylation sites (tertiary alicyclic amines) is 1. The molecule has 1 aliphatic carbocycles. The van der Waals surface area contributed by atoms with Gasteiger partial charge in [-0.3, -0.25) is 9.59 Å². The molecule has 2 amide bonds. The molecule has 0 unspecified atom stereocenters. The summed E-state index contributed by atoms with van der Waals surface area (Å²) in [5.74, 6) is -0.708. The lowest BCUT2D eigenvalue weighted by Crippen LogP contribution is -2.48. The number of nitrogens with one attached hydrogen (secondary N) is 3. The topological polar surface area (TPSA) is 91.3 Å². The minimum Gasteiger partial charge on any atom is -0.341 e. The number of fused-ring (bicyclic) bond motifs is 1. The van der Waals surface area contributed by atoms with E-state index in [1.54, 1.807) is 19.4 Å². The van der Waals surface area contributed by atoms with E-state index in [0.717, 1.165) is 36.7 Å². The van der Waals surface area contributed by atoms with Crippen molar-refractivity contribution in [1.82, 2.24) is 25.1 Å². The molecule has 0 radical (unpaired) electrons. The summed E-state index contributed by atoms with van der Waals surface area (Å²) >= 11 is 0. The monoisotopic (exact) mass is 564 g/mol. The van der Waals surface area contributed by atoms with Gasteiger partial charge in [0.2, 0.25) is 11.8 Å². The van der Waals surface area contributed by atoms with Gasteiger partial charge in [0.05, 0.1) is 17.9 Å². The zero-order chi connectivity index (χ0) is 28.9. The molecule has 3 atom stereocenters. The highest BCUT2D eigenvalue weighted by molar-refractivity contribution is 5.94. The van der Waals surface area contributed by atoms with E-state index in [9.17, 15) is 18.4 Å². The molecule has 1 aromatic heterocycles. The van der Waals surface area contributed by atoms with Crippen LogP contribution in [0.3, 0.4) is 0 Å². The van der Waals surface area contributed by atoms with E-state index in [2.05, 4.69) is 27.0 Å². The number of carbonyl (C=O) groups excluding carboxylic acids is 2. The number of hydrogen-bond acceptors (Lipinski definition) is 5. The number of imidazole rings is 1. The maximum atomic E-state index is 14.4. The van der Waals surface area contributed by atoms with Gasteiger partial charge in [-0.25, -0.2) is 13.8 Å². The Morgan fingerprint density at radius 3 is 2.76 bits per heavy atom. The number of amides is 2. The van der Waals surface area contributed by atoms with E-state index in [4.69, 9.17) is 0 Å². The molecule has 218 valence electrons. The van der Waals surface area contributed by atoms with Crippen LogP contribution in [-0.4, -0.2) is 57.5 Å². The Morgan fingerprint density at radius 2 is 1.98 bits per heavy atom. The van der Waals surface area contributed by atoms with Crippen molar-refractivity contribution in [2.75, 3.05) is 18.4 Å². The first kappa shape index (κ1) is 28.9. The molecule has 3 N–H and O–H groups in total. The molecule has 3 aromatic rings. The fraction of sp³-hybridized carbons (Fsp3) is 0.452. The van der Waals surface area contributed by atoms with Crippen LogP contribution in [0.5, 0.6) is 0 Å². The summed E-state index contributed by atoms with van der Waals surface area (Å²) in [6.45, 7) is 5.76. The zero-order valence-electron chi connectivity index (χ0n) is 23.6. The summed E-state index contributed by atoms with van der Waals surface area (Å²) in [6, 6.07) is 10.1. The van der Waals surface area contributed by atoms with Gasteiger partial charge in [-0.05, 0) is 60.9 Å². The normalized spacial score (nSPS) is 19.2. The molecule has 41 heavy (non-hydrogen) atoms. The lowest BCUT2D eigenvalue weighted by atomic mass is 9.87. The van der Waals surface area contributed by atoms with Crippen molar-refractivity contribution in [1.29, 1.82) is 0 Å². The zero-order valence-corrected chi connectivity index (χ0v) is 23.6. The molecule has 2 aromatic carbocycles. The number of hydrogen-bond donors (Lipinski definition) is 3. The molecule has 2 heterocycles. The summed E-state index contributed by atoms with van der Waals surface area (Å²) < 4.78 is 29.9. The van der Waals surface area contributed by atoms with Crippen LogP contribution in [0.2, 0.25) is 0 Å². The molecule has 0 spiro atoms. The number of rotatable bonds is 10. The lowest BCUT2D eigenvalue weighted by molar-refractivity contribution is -0.127. The molecule has 10 heteroatoms. The average Bonchev–Trinajstić information content (AvgIpc) is 3.62. The number of para-hydroxylation sites is 1. The number of aryl methyl sites for hydroxylation is 1. The number of nitrogens with zero attached hydrogens (tertiary/aromatic N) is 3. The molecule has 0 saturated carbocycles. The summed E-state index contributed by atoms with van der Waals surface area (Å²) in [7, 11) is 0. The second-order valence-electron chi connectivity index (χ2n) is 11.1. The van der Waals surface area contributed by atoms with Gasteiger partial charge in [0.25, 0.3) is 0 Å². The Kier molecular flexibility index (Phi) is 9.09. The smallest absolute Gasteiger partial charge is 0.242 e. The Hall–Kier alpha value is -3.63. The Labute approximate surface area is 239 Å². The highest BCUT2D eigenvalue weighted by Crippen LogP contribution is 2.26. The van der Waals surface area contributed by atoms with Gasteiger partial charge in [0.1, 0.15) is 18.0 Å². The van der Waals surface area contributed by atoms with Crippen molar-refractivity contribution in [3.63, 3.8) is 0 Å². The predicted octanol–water partition coefficient (Wildman–Crippen LogP) is 4.12. The summed E-state index contributed by atoms with van der Waals surface area (Å²) in [6.07, 6.45) is 7.52. The van der Waals surface area contributed by atoms with E-state index < -0.39 is 17.7 Å². The van der Waals surface area contributed by atoms with Crippen LogP contribution in [0, 0.1) is 11.6 Å². The average molecular weight is 565 g/mol. The van der Waals surface area contributed by atoms with Crippen molar-refractivity contribution in [2.24, 2.45) is 0 Å². The van der Waals surface area contributed by atoms with Gasteiger partial charge in [0.15, 0.2) is 5.82 Å². The standard InChI is InChI=1S/C31H38F2N6O2/c1-3-6-28(36-24-10-9-21-13-23(32)14-27(33)26(21)15-24)31(41)37-30-18-39(19-35-30)29-8-5-4-7-22(29)16-34-25-11-12-38(17-25)20(2)40/h4-5,7-8,13-14,18-19,24-25,28,34,36H,3,6,9-12,15-17H2,1-2H3,(H,37,41)/t24-,25+,28-/m0/s1. The maximum absolute atomic E-state index is 14.4. The number of carbonyl (C=O) groups is 2. The molecule has 1 fully saturated rings. The first-order valence-electron chi connectivity index (χ1n) is 14.5. The summed E-state index contributed by atoms with van der Waals surface area (Å²) in [5.41, 5.74) is 3.28. The summed E-state index contributed by atoms with van der Waals surface area (Å²) in [5, 5.41) is 9.93. The van der Waals surface area contributed by atoms with E-state index >= 15 is 0 Å². The molecular formula is C31H38F2N6O2. The SMILES string of the molecule is CCC[C@H](N[C@H]1CCc2cc(F)cc(F)c2C1)C(=O)Nc1cn(-c2ccccc2CN[C@@H]2CCN(C(C)=O)C2)cn1. The number of halogens is 2. The van der Waals surface area contributed by atoms with Gasteiger partial charge >= 0.3 is 0 Å². The highest BCUT2D eigenvalue weighted by Gasteiger charge is 2.27. The number of benzene rings is 2. The molecule has 2 aliphatic rings. The van der Waals surface area contributed by atoms with Crippen molar-refractivity contribution >= 4 is 17.6 Å². The van der Waals surface area contributed by atoms with Gasteiger partial charge in [-0.1, -0.05) is 31.5 Å². The third-order valence-corrected chi connectivity index (χ3v) is 8.11. The van der Waals surface area contributed by atoms with E-state index in [0.29, 0.717) is 55.7 Å². The highest BCUT2D eigenvalue weighted by atomic mass is 19.1. The van der Waals surface area contributed by atoms with Crippen LogP contribution in [-0.2, 0) is 29.0 Å². The summed E-state index contributed by atoms with van der Waals surface area (Å²) in [4.78, 5) is 31.2. The molecule has 5 rings (SSSR count). The van der Waals surface area contributed by atoms with Gasteiger partial charge in [-0.15, -0.1) is 0 Å². The minimum absolute atomic E-state index is 0.0795. The van der Waals surface area contributed by atoms with Crippen LogP contribution in [0.25, 0.3) is 5.69 Å². The predicted molar refractivity (Wildman–Crippen MR) is 154 cm³/mol. The van der Waals surface area contributed by atoms with E-state index in [1.807, 2.05) is 34.6 Å². The fourth-order valence-corrected chi connectivity index (χ4v) is 5.90. The second-order valence-corrected chi connectivity index (χ2v) is 11.1.